The summed E-state index contributed by atoms with van der Waals surface area (Å²) in [6, 6.07) is 4.08. The molecule has 1 aromatic heterocycles. The fourth-order valence-corrected chi connectivity index (χ4v) is 3.73. The van der Waals surface area contributed by atoms with Gasteiger partial charge in [-0.1, -0.05) is 33.8 Å². The van der Waals surface area contributed by atoms with Crippen LogP contribution in [-0.2, 0) is 20.9 Å². The standard InChI is InChI=1S/C24H38N4O4/c1-17(2)8-7-12-28-13-10-20(22(29)15-28)26-23(30)21(14-18(3)4)27-24(31)32-16-19-9-5-6-11-25-19/h5-6,9,11,17-18,20-21H,7-8,10,12-16H2,1-4H3,(H,26,30)(H,27,31)/t20?,21-/m0/s1. The van der Waals surface area contributed by atoms with Crippen LogP contribution in [0.25, 0.3) is 0 Å². The predicted octanol–water partition coefficient (Wildman–Crippen LogP) is 2.92. The molecule has 2 atom stereocenters. The summed E-state index contributed by atoms with van der Waals surface area (Å²) in [5.74, 6) is 0.513. The zero-order valence-electron chi connectivity index (χ0n) is 19.8. The fourth-order valence-electron chi connectivity index (χ4n) is 3.73. The smallest absolute Gasteiger partial charge is 0.408 e. The summed E-state index contributed by atoms with van der Waals surface area (Å²) in [5.41, 5.74) is 0.623. The lowest BCUT2D eigenvalue weighted by Gasteiger charge is -2.32. The van der Waals surface area contributed by atoms with Crippen molar-refractivity contribution in [1.82, 2.24) is 20.5 Å². The van der Waals surface area contributed by atoms with Gasteiger partial charge in [-0.05, 0) is 56.2 Å². The van der Waals surface area contributed by atoms with Gasteiger partial charge in [0.15, 0.2) is 5.78 Å². The Morgan fingerprint density at radius 2 is 2.00 bits per heavy atom. The van der Waals surface area contributed by atoms with Gasteiger partial charge in [-0.15, -0.1) is 0 Å². The molecule has 1 unspecified atom stereocenters. The lowest BCUT2D eigenvalue weighted by atomic mass is 9.99. The molecule has 8 nitrogen and oxygen atoms in total. The Hall–Kier alpha value is -2.48. The molecular formula is C24H38N4O4. The van der Waals surface area contributed by atoms with E-state index in [0.29, 0.717) is 31.0 Å². The minimum atomic E-state index is -0.761. The molecule has 1 fully saturated rings. The molecule has 1 aliphatic heterocycles. The molecule has 2 heterocycles. The Balaban J connectivity index is 1.83. The quantitative estimate of drug-likeness (QED) is 0.542. The molecule has 8 heteroatoms. The Morgan fingerprint density at radius 3 is 2.62 bits per heavy atom. The van der Waals surface area contributed by atoms with Crippen LogP contribution in [0.3, 0.4) is 0 Å². The van der Waals surface area contributed by atoms with Crippen LogP contribution >= 0.6 is 0 Å². The number of ether oxygens (including phenoxy) is 1. The van der Waals surface area contributed by atoms with Gasteiger partial charge in [-0.3, -0.25) is 19.5 Å². The number of nitrogens with zero attached hydrogens (tertiary/aromatic N) is 2. The number of pyridine rings is 1. The number of ketones is 1. The van der Waals surface area contributed by atoms with Crippen molar-refractivity contribution >= 4 is 17.8 Å². The number of alkyl carbamates (subject to hydrolysis) is 1. The Morgan fingerprint density at radius 1 is 1.22 bits per heavy atom. The number of hydrogen-bond acceptors (Lipinski definition) is 6. The third-order valence-corrected chi connectivity index (χ3v) is 5.47. The number of piperidine rings is 1. The first-order valence-electron chi connectivity index (χ1n) is 11.6. The molecule has 0 aromatic carbocycles. The number of amides is 2. The van der Waals surface area contributed by atoms with Crippen molar-refractivity contribution in [2.75, 3.05) is 19.6 Å². The zero-order chi connectivity index (χ0) is 23.5. The van der Waals surface area contributed by atoms with Gasteiger partial charge < -0.3 is 15.4 Å². The number of likely N-dealkylation sites (tertiary alicyclic amines) is 1. The molecule has 0 aliphatic carbocycles. The minimum absolute atomic E-state index is 0.0233. The largest absolute Gasteiger partial charge is 0.443 e. The number of carbonyl (C=O) groups excluding carboxylic acids is 3. The molecule has 0 saturated carbocycles. The van der Waals surface area contributed by atoms with Gasteiger partial charge in [0.05, 0.1) is 18.3 Å². The van der Waals surface area contributed by atoms with Gasteiger partial charge in [0.25, 0.3) is 0 Å². The average Bonchev–Trinajstić information content (AvgIpc) is 2.74. The Bertz CT molecular complexity index is 739. The maximum atomic E-state index is 12.9. The van der Waals surface area contributed by atoms with Crippen molar-refractivity contribution < 1.29 is 19.1 Å². The van der Waals surface area contributed by atoms with Crippen molar-refractivity contribution in [2.45, 2.75) is 72.1 Å². The Kier molecular flexibility index (Phi) is 10.6. The van der Waals surface area contributed by atoms with E-state index in [2.05, 4.69) is 34.4 Å². The van der Waals surface area contributed by atoms with Crippen LogP contribution in [0.2, 0.25) is 0 Å². The molecule has 1 aromatic rings. The van der Waals surface area contributed by atoms with Crippen LogP contribution in [0, 0.1) is 11.8 Å². The normalized spacial score (nSPS) is 17.9. The van der Waals surface area contributed by atoms with E-state index in [0.717, 1.165) is 25.9 Å². The molecule has 2 N–H and O–H groups in total. The molecule has 2 amide bonds. The van der Waals surface area contributed by atoms with Gasteiger partial charge in [0, 0.05) is 12.7 Å². The van der Waals surface area contributed by atoms with Gasteiger partial charge in [0.2, 0.25) is 5.91 Å². The summed E-state index contributed by atoms with van der Waals surface area (Å²) in [6.45, 7) is 10.4. The van der Waals surface area contributed by atoms with Gasteiger partial charge in [-0.25, -0.2) is 4.79 Å². The minimum Gasteiger partial charge on any atom is -0.443 e. The highest BCUT2D eigenvalue weighted by atomic mass is 16.5. The highest BCUT2D eigenvalue weighted by Gasteiger charge is 2.31. The highest BCUT2D eigenvalue weighted by molar-refractivity contribution is 5.93. The highest BCUT2D eigenvalue weighted by Crippen LogP contribution is 2.12. The third-order valence-electron chi connectivity index (χ3n) is 5.47. The van der Waals surface area contributed by atoms with Crippen LogP contribution in [0.15, 0.2) is 24.4 Å². The number of nitrogens with one attached hydrogen (secondary N) is 2. The molecule has 178 valence electrons. The van der Waals surface area contributed by atoms with Crippen molar-refractivity contribution in [3.63, 3.8) is 0 Å². The van der Waals surface area contributed by atoms with E-state index in [4.69, 9.17) is 4.74 Å². The van der Waals surface area contributed by atoms with Crippen LogP contribution in [-0.4, -0.2) is 59.4 Å². The van der Waals surface area contributed by atoms with Crippen molar-refractivity contribution in [3.8, 4) is 0 Å². The summed E-state index contributed by atoms with van der Waals surface area (Å²) >= 11 is 0. The molecule has 0 radical (unpaired) electrons. The van der Waals surface area contributed by atoms with Gasteiger partial charge in [-0.2, -0.15) is 0 Å². The van der Waals surface area contributed by atoms with E-state index in [9.17, 15) is 14.4 Å². The van der Waals surface area contributed by atoms with Crippen molar-refractivity contribution in [2.24, 2.45) is 11.8 Å². The number of Topliss-reactive ketones (excluding diaryl/α,β-unsaturated/α-hetero) is 1. The summed E-state index contributed by atoms with van der Waals surface area (Å²) in [6.07, 6.45) is 4.20. The maximum Gasteiger partial charge on any atom is 0.408 e. The first-order chi connectivity index (χ1) is 15.2. The topological polar surface area (TPSA) is 101 Å². The van der Waals surface area contributed by atoms with Crippen molar-refractivity contribution in [1.29, 1.82) is 0 Å². The molecule has 32 heavy (non-hydrogen) atoms. The van der Waals surface area contributed by atoms with Crippen LogP contribution in [0.5, 0.6) is 0 Å². The maximum absolute atomic E-state index is 12.9. The lowest BCUT2D eigenvalue weighted by Crippen LogP contribution is -2.56. The number of aromatic nitrogens is 1. The SMILES string of the molecule is CC(C)CCCN1CCC(NC(=O)[C@H](CC(C)C)NC(=O)OCc2ccccn2)C(=O)C1. The molecule has 0 bridgehead atoms. The van der Waals surface area contributed by atoms with Crippen LogP contribution in [0.1, 0.15) is 59.1 Å². The van der Waals surface area contributed by atoms with Crippen molar-refractivity contribution in [3.05, 3.63) is 30.1 Å². The summed E-state index contributed by atoms with van der Waals surface area (Å²) in [7, 11) is 0. The predicted molar refractivity (Wildman–Crippen MR) is 123 cm³/mol. The molecule has 1 saturated heterocycles. The van der Waals surface area contributed by atoms with Gasteiger partial charge in [0.1, 0.15) is 12.6 Å². The van der Waals surface area contributed by atoms with Crippen LogP contribution in [0.4, 0.5) is 4.79 Å². The van der Waals surface area contributed by atoms with Crippen LogP contribution < -0.4 is 10.6 Å². The second kappa shape index (κ2) is 13.2. The molecular weight excluding hydrogens is 408 g/mol. The zero-order valence-corrected chi connectivity index (χ0v) is 19.8. The number of hydrogen-bond donors (Lipinski definition) is 2. The molecule has 2 rings (SSSR count). The van der Waals surface area contributed by atoms with E-state index in [1.54, 1.807) is 18.3 Å². The second-order valence-electron chi connectivity index (χ2n) is 9.35. The summed E-state index contributed by atoms with van der Waals surface area (Å²) in [4.78, 5) is 44.0. The van der Waals surface area contributed by atoms with E-state index < -0.39 is 18.2 Å². The number of rotatable bonds is 11. The van der Waals surface area contributed by atoms with E-state index in [1.807, 2.05) is 19.9 Å². The molecule has 1 aliphatic rings. The lowest BCUT2D eigenvalue weighted by molar-refractivity contribution is -0.131. The van der Waals surface area contributed by atoms with E-state index >= 15 is 0 Å². The summed E-state index contributed by atoms with van der Waals surface area (Å²) in [5, 5.41) is 5.50. The van der Waals surface area contributed by atoms with E-state index in [-0.39, 0.29) is 24.2 Å². The first-order valence-corrected chi connectivity index (χ1v) is 11.6. The number of carbonyl (C=O) groups is 3. The third kappa shape index (κ3) is 9.34. The monoisotopic (exact) mass is 446 g/mol. The van der Waals surface area contributed by atoms with Gasteiger partial charge >= 0.3 is 6.09 Å². The Labute approximate surface area is 191 Å². The molecule has 0 spiro atoms. The van der Waals surface area contributed by atoms with E-state index in [1.165, 1.54) is 0 Å². The average molecular weight is 447 g/mol. The fraction of sp³-hybridized carbons (Fsp3) is 0.667. The first kappa shape index (κ1) is 25.8. The second-order valence-corrected chi connectivity index (χ2v) is 9.35. The summed E-state index contributed by atoms with van der Waals surface area (Å²) < 4.78 is 5.20.